The van der Waals surface area contributed by atoms with Crippen molar-refractivity contribution < 1.29 is 19.0 Å². The molecule has 3 aromatic rings. The molecule has 5 heteroatoms. The second-order valence-corrected chi connectivity index (χ2v) is 7.39. The summed E-state index contributed by atoms with van der Waals surface area (Å²) in [5, 5.41) is 0. The van der Waals surface area contributed by atoms with Gasteiger partial charge < -0.3 is 19.9 Å². The number of ether oxygens (including phenoxy) is 3. The van der Waals surface area contributed by atoms with Crippen molar-refractivity contribution >= 4 is 11.7 Å². The summed E-state index contributed by atoms with van der Waals surface area (Å²) in [5.41, 5.74) is 11.0. The van der Waals surface area contributed by atoms with E-state index in [2.05, 4.69) is 6.92 Å². The molecular weight excluding hydrogens is 390 g/mol. The number of rotatable bonds is 9. The van der Waals surface area contributed by atoms with Gasteiger partial charge in [-0.3, -0.25) is 0 Å². The second-order valence-electron chi connectivity index (χ2n) is 7.39. The number of esters is 1. The van der Waals surface area contributed by atoms with Crippen LogP contribution in [0.1, 0.15) is 47.4 Å². The molecule has 0 bridgehead atoms. The average molecular weight is 420 g/mol. The van der Waals surface area contributed by atoms with Crippen LogP contribution in [0.5, 0.6) is 5.75 Å². The van der Waals surface area contributed by atoms with E-state index in [0.29, 0.717) is 11.3 Å². The van der Waals surface area contributed by atoms with Crippen molar-refractivity contribution in [2.24, 2.45) is 0 Å². The smallest absolute Gasteiger partial charge is 0.338 e. The molecule has 0 amide bonds. The molecule has 31 heavy (non-hydrogen) atoms. The monoisotopic (exact) mass is 419 g/mol. The number of nitrogen functional groups attached to an aromatic ring is 1. The molecule has 0 aliphatic heterocycles. The van der Waals surface area contributed by atoms with E-state index in [1.807, 2.05) is 67.6 Å². The maximum Gasteiger partial charge on any atom is 0.338 e. The summed E-state index contributed by atoms with van der Waals surface area (Å²) in [6.45, 7) is 4.25. The van der Waals surface area contributed by atoms with Gasteiger partial charge in [-0.2, -0.15) is 0 Å². The molecule has 0 fully saturated rings. The predicted molar refractivity (Wildman–Crippen MR) is 123 cm³/mol. The lowest BCUT2D eigenvalue weighted by Crippen LogP contribution is -2.10. The zero-order valence-electron chi connectivity index (χ0n) is 18.3. The zero-order valence-corrected chi connectivity index (χ0v) is 18.3. The van der Waals surface area contributed by atoms with E-state index in [9.17, 15) is 4.79 Å². The van der Waals surface area contributed by atoms with Crippen LogP contribution in [-0.4, -0.2) is 19.9 Å². The van der Waals surface area contributed by atoms with Crippen LogP contribution in [-0.2, 0) is 9.47 Å². The molecule has 0 spiro atoms. The number of aryl methyl sites for hydroxylation is 1. The third-order valence-corrected chi connectivity index (χ3v) is 5.18. The standard InChI is InChI=1S/C26H29NO4/c1-4-6-24(19-9-13-21(27)14-10-19)31-17-30-22-15-11-20(12-16-22)25-18(2)7-5-8-23(25)26(28)29-3/h5,7-16,24H,4,6,17,27H2,1-3H3. The minimum Gasteiger partial charge on any atom is -0.468 e. The maximum atomic E-state index is 12.2. The predicted octanol–water partition coefficient (Wildman–Crippen LogP) is 5.93. The highest BCUT2D eigenvalue weighted by atomic mass is 16.7. The summed E-state index contributed by atoms with van der Waals surface area (Å²) in [6.07, 6.45) is 1.86. The van der Waals surface area contributed by atoms with Gasteiger partial charge in [0.25, 0.3) is 0 Å². The van der Waals surface area contributed by atoms with Gasteiger partial charge in [-0.05, 0) is 65.9 Å². The quantitative estimate of drug-likeness (QED) is 0.265. The zero-order chi connectivity index (χ0) is 22.2. The molecule has 0 aromatic heterocycles. The fraction of sp³-hybridized carbons (Fsp3) is 0.269. The molecule has 0 heterocycles. The lowest BCUT2D eigenvalue weighted by molar-refractivity contribution is -0.0412. The van der Waals surface area contributed by atoms with Crippen LogP contribution in [0, 0.1) is 6.92 Å². The number of hydrogen-bond donors (Lipinski definition) is 1. The van der Waals surface area contributed by atoms with Crippen LogP contribution >= 0.6 is 0 Å². The Morgan fingerprint density at radius 3 is 2.35 bits per heavy atom. The molecule has 1 unspecified atom stereocenters. The van der Waals surface area contributed by atoms with Gasteiger partial charge >= 0.3 is 5.97 Å². The summed E-state index contributed by atoms with van der Waals surface area (Å²) in [7, 11) is 1.39. The molecule has 162 valence electrons. The molecule has 3 aromatic carbocycles. The summed E-state index contributed by atoms with van der Waals surface area (Å²) in [5.74, 6) is 0.349. The lowest BCUT2D eigenvalue weighted by atomic mass is 9.95. The first-order valence-electron chi connectivity index (χ1n) is 10.4. The van der Waals surface area contributed by atoms with Gasteiger partial charge in [-0.15, -0.1) is 0 Å². The minimum absolute atomic E-state index is 0.0422. The van der Waals surface area contributed by atoms with Gasteiger partial charge in [-0.25, -0.2) is 4.79 Å². The molecule has 0 saturated carbocycles. The lowest BCUT2D eigenvalue weighted by Gasteiger charge is -2.18. The molecule has 2 N–H and O–H groups in total. The molecule has 0 saturated heterocycles. The Labute approximate surface area is 183 Å². The topological polar surface area (TPSA) is 70.8 Å². The highest BCUT2D eigenvalue weighted by Gasteiger charge is 2.15. The van der Waals surface area contributed by atoms with Gasteiger partial charge in [0.15, 0.2) is 6.79 Å². The van der Waals surface area contributed by atoms with Gasteiger partial charge in [0.05, 0.1) is 18.8 Å². The fourth-order valence-corrected chi connectivity index (χ4v) is 3.55. The Bertz CT molecular complexity index is 997. The van der Waals surface area contributed by atoms with Crippen LogP contribution in [0.2, 0.25) is 0 Å². The van der Waals surface area contributed by atoms with Crippen LogP contribution < -0.4 is 10.5 Å². The van der Waals surface area contributed by atoms with E-state index in [1.54, 1.807) is 6.07 Å². The van der Waals surface area contributed by atoms with Crippen molar-refractivity contribution in [2.75, 3.05) is 19.6 Å². The van der Waals surface area contributed by atoms with E-state index in [0.717, 1.165) is 40.8 Å². The fourth-order valence-electron chi connectivity index (χ4n) is 3.55. The number of carbonyl (C=O) groups excluding carboxylic acids is 1. The number of hydrogen-bond acceptors (Lipinski definition) is 5. The first-order chi connectivity index (χ1) is 15.0. The van der Waals surface area contributed by atoms with Crippen LogP contribution in [0.3, 0.4) is 0 Å². The molecule has 0 radical (unpaired) electrons. The number of anilines is 1. The number of nitrogens with two attached hydrogens (primary N) is 1. The van der Waals surface area contributed by atoms with Crippen molar-refractivity contribution in [2.45, 2.75) is 32.8 Å². The van der Waals surface area contributed by atoms with Crippen molar-refractivity contribution in [3.05, 3.63) is 83.4 Å². The Morgan fingerprint density at radius 1 is 1.00 bits per heavy atom. The first-order valence-corrected chi connectivity index (χ1v) is 10.4. The molecule has 3 rings (SSSR count). The van der Waals surface area contributed by atoms with Crippen LogP contribution in [0.4, 0.5) is 5.69 Å². The molecular formula is C26H29NO4. The van der Waals surface area contributed by atoms with E-state index in [1.165, 1.54) is 7.11 Å². The van der Waals surface area contributed by atoms with Gasteiger partial charge in [0.1, 0.15) is 5.75 Å². The molecule has 0 aliphatic carbocycles. The summed E-state index contributed by atoms with van der Waals surface area (Å²) >= 11 is 0. The third kappa shape index (κ3) is 5.64. The van der Waals surface area contributed by atoms with Gasteiger partial charge in [0, 0.05) is 5.69 Å². The van der Waals surface area contributed by atoms with Crippen molar-refractivity contribution in [3.63, 3.8) is 0 Å². The van der Waals surface area contributed by atoms with Crippen LogP contribution in [0.25, 0.3) is 11.1 Å². The molecule has 0 aliphatic rings. The highest BCUT2D eigenvalue weighted by molar-refractivity contribution is 5.98. The van der Waals surface area contributed by atoms with E-state index in [4.69, 9.17) is 19.9 Å². The van der Waals surface area contributed by atoms with Gasteiger partial charge in [0.2, 0.25) is 0 Å². The summed E-state index contributed by atoms with van der Waals surface area (Å²) in [6, 6.07) is 21.0. The van der Waals surface area contributed by atoms with Crippen molar-refractivity contribution in [3.8, 4) is 16.9 Å². The number of carbonyl (C=O) groups is 1. The Balaban J connectivity index is 1.67. The second kappa shape index (κ2) is 10.6. The average Bonchev–Trinajstić information content (AvgIpc) is 2.79. The van der Waals surface area contributed by atoms with Crippen LogP contribution in [0.15, 0.2) is 66.7 Å². The Morgan fingerprint density at radius 2 is 1.71 bits per heavy atom. The van der Waals surface area contributed by atoms with E-state index >= 15 is 0 Å². The normalized spacial score (nSPS) is 11.7. The van der Waals surface area contributed by atoms with Gasteiger partial charge in [-0.1, -0.05) is 49.7 Å². The van der Waals surface area contributed by atoms with E-state index in [-0.39, 0.29) is 18.9 Å². The number of benzene rings is 3. The summed E-state index contributed by atoms with van der Waals surface area (Å²) in [4.78, 5) is 12.2. The Kier molecular flexibility index (Phi) is 7.68. The maximum absolute atomic E-state index is 12.2. The number of methoxy groups -OCH3 is 1. The molecule has 5 nitrogen and oxygen atoms in total. The molecule has 1 atom stereocenters. The highest BCUT2D eigenvalue weighted by Crippen LogP contribution is 2.30. The minimum atomic E-state index is -0.350. The van der Waals surface area contributed by atoms with E-state index < -0.39 is 0 Å². The summed E-state index contributed by atoms with van der Waals surface area (Å²) < 4.78 is 16.7. The third-order valence-electron chi connectivity index (χ3n) is 5.18. The Hall–Kier alpha value is -3.31. The van der Waals surface area contributed by atoms with Crippen molar-refractivity contribution in [1.82, 2.24) is 0 Å². The first kappa shape index (κ1) is 22.4. The SMILES string of the molecule is CCCC(OCOc1ccc(-c2c(C)cccc2C(=O)OC)cc1)c1ccc(N)cc1. The van der Waals surface area contributed by atoms with Crippen molar-refractivity contribution in [1.29, 1.82) is 0 Å². The largest absolute Gasteiger partial charge is 0.468 e.